The summed E-state index contributed by atoms with van der Waals surface area (Å²) in [5.74, 6) is 0.475. The highest BCUT2D eigenvalue weighted by atomic mass is 16.7. The second-order valence-electron chi connectivity index (χ2n) is 12.8. The molecule has 1 aliphatic rings. The third-order valence-corrected chi connectivity index (χ3v) is 8.28. The number of phenolic OH excluding ortho intramolecular Hbond substituents is 1. The molecule has 4 aromatic carbocycles. The molecule has 0 spiro atoms. The van der Waals surface area contributed by atoms with E-state index < -0.39 is 29.8 Å². The zero-order chi connectivity index (χ0) is 35.5. The lowest BCUT2D eigenvalue weighted by Crippen LogP contribution is -2.52. The van der Waals surface area contributed by atoms with Crippen molar-refractivity contribution in [3.63, 3.8) is 0 Å². The molecule has 4 aromatic rings. The Hall–Kier alpha value is -5.23. The maximum absolute atomic E-state index is 13.0. The molecule has 1 fully saturated rings. The fourth-order valence-electron chi connectivity index (χ4n) is 5.34. The zero-order valence-corrected chi connectivity index (χ0v) is 28.1. The van der Waals surface area contributed by atoms with E-state index in [0.717, 1.165) is 22.6 Å². The standard InChI is InChI=1S/C39H43N3O8/c1-39(2)25-48-38(29-14-16-30(43)17-15-29)50-34(39)37(47)41-23-21-33(44)36(46)42-24-27-8-12-28(13-9-27)35(45)40-22-20-26-10-18-32(19-11-26)49-31-6-4-3-5-7-31/h3-19,33-34,38,43-44H,20-25H2,1-2H3,(H,40,45)(H,41,47)(H,42,46)/t33?,34-,38?/m0/s1. The van der Waals surface area contributed by atoms with Crippen molar-refractivity contribution in [3.8, 4) is 17.2 Å². The number of aliphatic hydroxyl groups is 1. The highest BCUT2D eigenvalue weighted by Crippen LogP contribution is 2.37. The largest absolute Gasteiger partial charge is 0.508 e. The first-order valence-electron chi connectivity index (χ1n) is 16.6. The molecule has 262 valence electrons. The number of rotatable bonds is 14. The minimum atomic E-state index is -1.33. The molecule has 3 amide bonds. The molecule has 0 aromatic heterocycles. The monoisotopic (exact) mass is 681 g/mol. The number of para-hydroxylation sites is 1. The number of phenols is 1. The summed E-state index contributed by atoms with van der Waals surface area (Å²) in [5, 5.41) is 28.3. The fourth-order valence-corrected chi connectivity index (χ4v) is 5.34. The molecule has 11 heteroatoms. The van der Waals surface area contributed by atoms with Crippen molar-refractivity contribution in [2.75, 3.05) is 19.7 Å². The van der Waals surface area contributed by atoms with E-state index in [1.165, 1.54) is 12.1 Å². The van der Waals surface area contributed by atoms with Crippen molar-refractivity contribution >= 4 is 17.7 Å². The minimum absolute atomic E-state index is 0.00727. The number of carbonyl (C=O) groups is 3. The summed E-state index contributed by atoms with van der Waals surface area (Å²) >= 11 is 0. The summed E-state index contributed by atoms with van der Waals surface area (Å²) in [6.45, 7) is 4.68. The maximum atomic E-state index is 13.0. The van der Waals surface area contributed by atoms with Crippen LogP contribution < -0.4 is 20.7 Å². The topological polar surface area (TPSA) is 155 Å². The van der Waals surface area contributed by atoms with Gasteiger partial charge in [0.25, 0.3) is 5.91 Å². The normalized spacial score (nSPS) is 17.3. The molecule has 0 radical (unpaired) electrons. The number of aromatic hydroxyl groups is 1. The summed E-state index contributed by atoms with van der Waals surface area (Å²) in [6, 6.07) is 30.5. The second-order valence-corrected chi connectivity index (χ2v) is 12.8. The molecular formula is C39H43N3O8. The lowest BCUT2D eigenvalue weighted by Gasteiger charge is -2.41. The molecule has 0 bridgehead atoms. The van der Waals surface area contributed by atoms with Gasteiger partial charge in [0.05, 0.1) is 6.61 Å². The van der Waals surface area contributed by atoms with Crippen LogP contribution in [-0.2, 0) is 32.0 Å². The first-order chi connectivity index (χ1) is 24.1. The van der Waals surface area contributed by atoms with E-state index in [2.05, 4.69) is 16.0 Å². The summed E-state index contributed by atoms with van der Waals surface area (Å²) in [4.78, 5) is 38.2. The van der Waals surface area contributed by atoms with E-state index in [4.69, 9.17) is 14.2 Å². The predicted octanol–water partition coefficient (Wildman–Crippen LogP) is 4.78. The molecule has 50 heavy (non-hydrogen) atoms. The van der Waals surface area contributed by atoms with Gasteiger partial charge in [0.15, 0.2) is 6.29 Å². The number of nitrogens with one attached hydrogen (secondary N) is 3. The van der Waals surface area contributed by atoms with E-state index in [9.17, 15) is 24.6 Å². The molecule has 2 unspecified atom stereocenters. The van der Waals surface area contributed by atoms with Gasteiger partial charge < -0.3 is 40.4 Å². The van der Waals surface area contributed by atoms with Gasteiger partial charge in [-0.3, -0.25) is 14.4 Å². The summed E-state index contributed by atoms with van der Waals surface area (Å²) in [5.41, 5.74) is 2.38. The lowest BCUT2D eigenvalue weighted by molar-refractivity contribution is -0.258. The molecule has 11 nitrogen and oxygen atoms in total. The maximum Gasteiger partial charge on any atom is 0.251 e. The molecule has 1 saturated heterocycles. The van der Waals surface area contributed by atoms with E-state index in [1.54, 1.807) is 36.4 Å². The number of hydrogen-bond acceptors (Lipinski definition) is 8. The summed E-state index contributed by atoms with van der Waals surface area (Å²) in [7, 11) is 0. The summed E-state index contributed by atoms with van der Waals surface area (Å²) in [6.07, 6.45) is -2.26. The molecule has 1 heterocycles. The predicted molar refractivity (Wildman–Crippen MR) is 186 cm³/mol. The number of ether oxygens (including phenoxy) is 3. The second kappa shape index (κ2) is 16.9. The Morgan fingerprint density at radius 2 is 1.48 bits per heavy atom. The van der Waals surface area contributed by atoms with Gasteiger partial charge in [-0.05, 0) is 72.5 Å². The lowest BCUT2D eigenvalue weighted by atomic mass is 9.85. The number of benzene rings is 4. The van der Waals surface area contributed by atoms with E-state index in [1.807, 2.05) is 68.4 Å². The van der Waals surface area contributed by atoms with Gasteiger partial charge in [-0.1, -0.05) is 68.4 Å². The SMILES string of the molecule is CC1(C)COC(c2ccc(O)cc2)O[C@H]1C(=O)NCCC(O)C(=O)NCc1ccc(C(=O)NCCc2ccc(Oc3ccccc3)cc2)cc1. The molecule has 3 atom stereocenters. The first kappa shape index (κ1) is 36.1. The van der Waals surface area contributed by atoms with Crippen LogP contribution in [0, 0.1) is 5.41 Å². The van der Waals surface area contributed by atoms with Crippen molar-refractivity contribution in [2.24, 2.45) is 5.41 Å². The van der Waals surface area contributed by atoms with E-state index >= 15 is 0 Å². The number of hydrogen-bond donors (Lipinski definition) is 5. The van der Waals surface area contributed by atoms with Crippen molar-refractivity contribution in [3.05, 3.63) is 125 Å². The van der Waals surface area contributed by atoms with E-state index in [-0.39, 0.29) is 43.7 Å². The number of amides is 3. The van der Waals surface area contributed by atoms with Crippen LogP contribution in [0.3, 0.4) is 0 Å². The number of carbonyl (C=O) groups excluding carboxylic acids is 3. The van der Waals surface area contributed by atoms with Crippen LogP contribution in [0.5, 0.6) is 17.2 Å². The Kier molecular flexibility index (Phi) is 12.2. The van der Waals surface area contributed by atoms with Crippen LogP contribution in [0.1, 0.15) is 53.6 Å². The highest BCUT2D eigenvalue weighted by Gasteiger charge is 2.43. The zero-order valence-electron chi connectivity index (χ0n) is 28.1. The van der Waals surface area contributed by atoms with Gasteiger partial charge in [-0.25, -0.2) is 0 Å². The van der Waals surface area contributed by atoms with Crippen LogP contribution in [0.15, 0.2) is 103 Å². The van der Waals surface area contributed by atoms with Crippen LogP contribution in [0.4, 0.5) is 0 Å². The third kappa shape index (κ3) is 10.1. The van der Waals surface area contributed by atoms with Crippen LogP contribution in [0.2, 0.25) is 0 Å². The molecule has 5 N–H and O–H groups in total. The third-order valence-electron chi connectivity index (χ3n) is 8.28. The van der Waals surface area contributed by atoms with E-state index in [0.29, 0.717) is 24.1 Å². The van der Waals surface area contributed by atoms with Crippen molar-refractivity contribution < 1.29 is 38.8 Å². The molecule has 0 aliphatic carbocycles. The highest BCUT2D eigenvalue weighted by molar-refractivity contribution is 5.94. The summed E-state index contributed by atoms with van der Waals surface area (Å²) < 4.78 is 17.6. The van der Waals surface area contributed by atoms with Crippen LogP contribution in [0.25, 0.3) is 0 Å². The fraction of sp³-hybridized carbons (Fsp3) is 0.308. The molecular weight excluding hydrogens is 638 g/mol. The van der Waals surface area contributed by atoms with Crippen molar-refractivity contribution in [1.29, 1.82) is 0 Å². The first-order valence-corrected chi connectivity index (χ1v) is 16.6. The van der Waals surface area contributed by atoms with Crippen molar-refractivity contribution in [1.82, 2.24) is 16.0 Å². The Labute approximate surface area is 291 Å². The van der Waals surface area contributed by atoms with Crippen molar-refractivity contribution in [2.45, 2.75) is 51.7 Å². The molecule has 1 aliphatic heterocycles. The Balaban J connectivity index is 0.990. The Morgan fingerprint density at radius 3 is 2.18 bits per heavy atom. The average Bonchev–Trinajstić information content (AvgIpc) is 3.12. The molecule has 0 saturated carbocycles. The van der Waals surface area contributed by atoms with Crippen LogP contribution >= 0.6 is 0 Å². The number of aliphatic hydroxyl groups excluding tert-OH is 1. The van der Waals surface area contributed by atoms with Gasteiger partial charge in [0, 0.05) is 36.2 Å². The van der Waals surface area contributed by atoms with Crippen LogP contribution in [-0.4, -0.2) is 59.8 Å². The van der Waals surface area contributed by atoms with Gasteiger partial charge >= 0.3 is 0 Å². The molecule has 5 rings (SSSR count). The average molecular weight is 682 g/mol. The van der Waals surface area contributed by atoms with Gasteiger partial charge in [-0.15, -0.1) is 0 Å². The van der Waals surface area contributed by atoms with Gasteiger partial charge in [-0.2, -0.15) is 0 Å². The van der Waals surface area contributed by atoms with Gasteiger partial charge in [0.2, 0.25) is 11.8 Å². The smallest absolute Gasteiger partial charge is 0.251 e. The Bertz CT molecular complexity index is 1710. The van der Waals surface area contributed by atoms with Gasteiger partial charge in [0.1, 0.15) is 29.5 Å². The quantitative estimate of drug-likeness (QED) is 0.127. The Morgan fingerprint density at radius 1 is 0.820 bits per heavy atom. The minimum Gasteiger partial charge on any atom is -0.508 e.